The number of ketones is 2. The molecule has 0 aromatic heterocycles. The molecule has 106 valence electrons. The maximum absolute atomic E-state index is 11.7. The molecule has 19 heavy (non-hydrogen) atoms. The summed E-state index contributed by atoms with van der Waals surface area (Å²) in [6.07, 6.45) is -2.46. The van der Waals surface area contributed by atoms with Gasteiger partial charge in [-0.1, -0.05) is 13.2 Å². The Morgan fingerprint density at radius 2 is 1.68 bits per heavy atom. The third-order valence-electron chi connectivity index (χ3n) is 2.17. The minimum Gasteiger partial charge on any atom is -0.383 e. The lowest BCUT2D eigenvalue weighted by atomic mass is 10.1. The van der Waals surface area contributed by atoms with Gasteiger partial charge >= 0.3 is 8.69 Å². The first kappa shape index (κ1) is 17.8. The van der Waals surface area contributed by atoms with E-state index in [2.05, 4.69) is 17.7 Å². The summed E-state index contributed by atoms with van der Waals surface area (Å²) in [7, 11) is -0.590. The van der Waals surface area contributed by atoms with Gasteiger partial charge in [0.15, 0.2) is 11.6 Å². The highest BCUT2D eigenvalue weighted by Crippen LogP contribution is 2.08. The van der Waals surface area contributed by atoms with Crippen LogP contribution in [0.15, 0.2) is 24.3 Å². The van der Waals surface area contributed by atoms with Crippen LogP contribution in [0.25, 0.3) is 0 Å². The number of Topliss-reactive ketones (excluding diaryl/α,β-unsaturated/α-hetero) is 2. The quantitative estimate of drug-likeness (QED) is 0.480. The van der Waals surface area contributed by atoms with E-state index in [9.17, 15) is 19.3 Å². The van der Waals surface area contributed by atoms with Gasteiger partial charge < -0.3 is 9.84 Å². The van der Waals surface area contributed by atoms with Crippen molar-refractivity contribution in [3.8, 4) is 0 Å². The van der Waals surface area contributed by atoms with Crippen LogP contribution in [-0.4, -0.2) is 42.1 Å². The number of hydrogen-bond donors (Lipinski definition) is 1. The highest BCUT2D eigenvalue weighted by atomic mass is 31.1. The van der Waals surface area contributed by atoms with Crippen molar-refractivity contribution in [3.63, 3.8) is 0 Å². The van der Waals surface area contributed by atoms with E-state index < -0.39 is 32.5 Å². The topological polar surface area (TPSA) is 89.9 Å². The number of hydrogen-bond acceptors (Lipinski definition) is 6. The fourth-order valence-corrected chi connectivity index (χ4v) is 1.34. The maximum atomic E-state index is 11.7. The number of carbonyl (C=O) groups excluding carboxylic acids is 2. The van der Waals surface area contributed by atoms with Gasteiger partial charge in [0.05, 0.1) is 13.2 Å². The second kappa shape index (κ2) is 8.82. The van der Waals surface area contributed by atoms with Crippen molar-refractivity contribution in [1.29, 1.82) is 0 Å². The van der Waals surface area contributed by atoms with Crippen LogP contribution in [0.2, 0.25) is 0 Å². The molecule has 0 aliphatic heterocycles. The van der Waals surface area contributed by atoms with E-state index in [0.29, 0.717) is 0 Å². The first-order valence-corrected chi connectivity index (χ1v) is 6.18. The number of ether oxygens (including phenoxy) is 1. The summed E-state index contributed by atoms with van der Waals surface area (Å²) in [6.45, 7) is 9.18. The second-order valence-corrected chi connectivity index (χ2v) is 4.40. The molecule has 0 fully saturated rings. The van der Waals surface area contributed by atoms with Crippen molar-refractivity contribution in [2.75, 3.05) is 13.2 Å². The summed E-state index contributed by atoms with van der Waals surface area (Å²) in [6, 6.07) is 0. The van der Waals surface area contributed by atoms with E-state index in [-0.39, 0.29) is 24.4 Å². The molecule has 0 aliphatic carbocycles. The number of aliphatic hydroxyl groups excluding tert-OH is 1. The van der Waals surface area contributed by atoms with Gasteiger partial charge in [-0.05, 0) is 25.0 Å². The molecule has 0 rings (SSSR count). The van der Waals surface area contributed by atoms with E-state index in [4.69, 9.17) is 4.74 Å². The van der Waals surface area contributed by atoms with Gasteiger partial charge in [-0.25, -0.2) is 4.57 Å². The standard InChI is InChI=1S/C12H17O6P/c1-7(2)11(14)9(13)5-17-10(6-18-19-16)12(15)8(3)4/h9-10,13H,1,3,5-6H2,2,4H3. The molecule has 0 radical (unpaired) electrons. The molecule has 0 bridgehead atoms. The molecule has 0 aromatic carbocycles. The molecule has 6 nitrogen and oxygen atoms in total. The van der Waals surface area contributed by atoms with E-state index in [1.165, 1.54) is 13.8 Å². The molecule has 0 spiro atoms. The van der Waals surface area contributed by atoms with Crippen molar-refractivity contribution in [2.45, 2.75) is 26.1 Å². The molecular formula is C12H17O6P. The van der Waals surface area contributed by atoms with Gasteiger partial charge in [0, 0.05) is 0 Å². The summed E-state index contributed by atoms with van der Waals surface area (Å²) in [5.74, 6) is -1.01. The smallest absolute Gasteiger partial charge is 0.327 e. The Morgan fingerprint density at radius 3 is 2.11 bits per heavy atom. The Balaban J connectivity index is 4.53. The van der Waals surface area contributed by atoms with Crippen molar-refractivity contribution in [3.05, 3.63) is 24.3 Å². The Morgan fingerprint density at radius 1 is 1.16 bits per heavy atom. The maximum Gasteiger partial charge on any atom is 0.327 e. The van der Waals surface area contributed by atoms with Crippen molar-refractivity contribution in [1.82, 2.24) is 0 Å². The largest absolute Gasteiger partial charge is 0.383 e. The zero-order valence-electron chi connectivity index (χ0n) is 10.9. The molecule has 0 heterocycles. The molecule has 0 aliphatic rings. The van der Waals surface area contributed by atoms with E-state index in [1.807, 2.05) is 0 Å². The summed E-state index contributed by atoms with van der Waals surface area (Å²) < 4.78 is 19.9. The molecule has 0 saturated carbocycles. The molecule has 1 N–H and O–H groups in total. The highest BCUT2D eigenvalue weighted by Gasteiger charge is 2.24. The molecule has 2 unspecified atom stereocenters. The van der Waals surface area contributed by atoms with Gasteiger partial charge in [0.25, 0.3) is 0 Å². The zero-order valence-corrected chi connectivity index (χ0v) is 11.8. The fourth-order valence-electron chi connectivity index (χ4n) is 1.14. The molecule has 0 amide bonds. The monoisotopic (exact) mass is 288 g/mol. The van der Waals surface area contributed by atoms with Crippen molar-refractivity contribution < 1.29 is 28.5 Å². The first-order chi connectivity index (χ1) is 8.81. The lowest BCUT2D eigenvalue weighted by Gasteiger charge is -2.17. The highest BCUT2D eigenvalue weighted by molar-refractivity contribution is 7.17. The predicted octanol–water partition coefficient (Wildman–Crippen LogP) is 1.25. The van der Waals surface area contributed by atoms with Gasteiger partial charge in [0.2, 0.25) is 0 Å². The third kappa shape index (κ3) is 6.50. The van der Waals surface area contributed by atoms with Gasteiger partial charge in [-0.15, -0.1) is 0 Å². The Hall–Kier alpha value is -1.20. The van der Waals surface area contributed by atoms with Crippen LogP contribution >= 0.6 is 8.69 Å². The third-order valence-corrected chi connectivity index (χ3v) is 2.42. The van der Waals surface area contributed by atoms with Crippen LogP contribution in [0.3, 0.4) is 0 Å². The zero-order chi connectivity index (χ0) is 15.0. The average Bonchev–Trinajstić information content (AvgIpc) is 2.36. The van der Waals surface area contributed by atoms with Crippen molar-refractivity contribution in [2.24, 2.45) is 0 Å². The van der Waals surface area contributed by atoms with Crippen LogP contribution in [-0.2, 0) is 23.4 Å². The van der Waals surface area contributed by atoms with Crippen LogP contribution in [0.1, 0.15) is 13.8 Å². The van der Waals surface area contributed by atoms with E-state index in [0.717, 1.165) is 0 Å². The number of aliphatic hydroxyl groups is 1. The van der Waals surface area contributed by atoms with E-state index >= 15 is 0 Å². The molecule has 2 atom stereocenters. The van der Waals surface area contributed by atoms with Gasteiger partial charge in [-0.3, -0.25) is 14.1 Å². The normalized spacial score (nSPS) is 13.8. The second-order valence-electron chi connectivity index (χ2n) is 4.00. The van der Waals surface area contributed by atoms with Gasteiger partial charge in [0.1, 0.15) is 12.2 Å². The van der Waals surface area contributed by atoms with Crippen LogP contribution < -0.4 is 0 Å². The minimum absolute atomic E-state index is 0.188. The predicted molar refractivity (Wildman–Crippen MR) is 68.9 cm³/mol. The lowest BCUT2D eigenvalue weighted by Crippen LogP contribution is -2.35. The van der Waals surface area contributed by atoms with Crippen LogP contribution in [0.4, 0.5) is 0 Å². The summed E-state index contributed by atoms with van der Waals surface area (Å²) in [5.41, 5.74) is 0.421. The average molecular weight is 288 g/mol. The lowest BCUT2D eigenvalue weighted by molar-refractivity contribution is -0.136. The van der Waals surface area contributed by atoms with E-state index in [1.54, 1.807) is 0 Å². The molecule has 0 saturated heterocycles. The minimum atomic E-state index is -1.40. The van der Waals surface area contributed by atoms with Crippen molar-refractivity contribution >= 4 is 20.3 Å². The summed E-state index contributed by atoms with van der Waals surface area (Å²) in [4.78, 5) is 23.0. The summed E-state index contributed by atoms with van der Waals surface area (Å²) in [5, 5.41) is 9.51. The SMILES string of the molecule is C=C(C)C(=O)C(O)COC(COP=O)C(=O)C(=C)C. The number of rotatable bonds is 10. The van der Waals surface area contributed by atoms with Gasteiger partial charge in [-0.2, -0.15) is 0 Å². The molecule has 0 aromatic rings. The van der Waals surface area contributed by atoms with Crippen LogP contribution in [0, 0.1) is 0 Å². The Labute approximate surface area is 113 Å². The van der Waals surface area contributed by atoms with Crippen LogP contribution in [0.5, 0.6) is 0 Å². The first-order valence-electron chi connectivity index (χ1n) is 5.45. The molecule has 7 heteroatoms. The number of carbonyl (C=O) groups is 2. The summed E-state index contributed by atoms with van der Waals surface area (Å²) >= 11 is 0. The Kier molecular flexibility index (Phi) is 8.27. The fraction of sp³-hybridized carbons (Fsp3) is 0.500. The molecular weight excluding hydrogens is 271 g/mol. The Bertz CT molecular complexity index is 390.